The molecule has 0 fully saturated rings. The number of halogens is 3. The number of hydrogen-bond donors (Lipinski definition) is 0. The quantitative estimate of drug-likeness (QED) is 0.401. The van der Waals surface area contributed by atoms with Crippen molar-refractivity contribution in [2.75, 3.05) is 0 Å². The van der Waals surface area contributed by atoms with E-state index >= 15 is 0 Å². The highest BCUT2D eigenvalue weighted by Crippen LogP contribution is 2.24. The number of aryl methyl sites for hydroxylation is 1. The lowest BCUT2D eigenvalue weighted by Gasteiger charge is -2.14. The number of nitrogens with zero attached hydrogens (tertiary/aromatic N) is 5. The van der Waals surface area contributed by atoms with E-state index in [0.29, 0.717) is 48.0 Å². The van der Waals surface area contributed by atoms with Crippen LogP contribution in [0.15, 0.2) is 45.2 Å². The van der Waals surface area contributed by atoms with Gasteiger partial charge in [-0.2, -0.15) is 5.10 Å². The summed E-state index contributed by atoms with van der Waals surface area (Å²) in [6, 6.07) is 3.76. The molecule has 1 aliphatic heterocycles. The SMILES string of the molecule is CCCCCn1c2c(c(=O)n(CCCc3cnn(Cc4ccc(F)c(F)c4)c3)c1=O)CC(Cl)=N2. The predicted molar refractivity (Wildman–Crippen MR) is 127 cm³/mol. The van der Waals surface area contributed by atoms with Gasteiger partial charge in [0.25, 0.3) is 5.56 Å². The maximum Gasteiger partial charge on any atom is 0.332 e. The van der Waals surface area contributed by atoms with Crippen LogP contribution in [0.25, 0.3) is 0 Å². The maximum atomic E-state index is 13.4. The third-order valence-electron chi connectivity index (χ3n) is 5.89. The van der Waals surface area contributed by atoms with Gasteiger partial charge in [0.05, 0.1) is 18.3 Å². The predicted octanol–water partition coefficient (Wildman–Crippen LogP) is 4.18. The molecule has 0 bridgehead atoms. The van der Waals surface area contributed by atoms with Crippen LogP contribution in [-0.2, 0) is 32.5 Å². The fourth-order valence-corrected chi connectivity index (χ4v) is 4.35. The second-order valence-corrected chi connectivity index (χ2v) is 8.90. The highest BCUT2D eigenvalue weighted by molar-refractivity contribution is 6.66. The smallest absolute Gasteiger partial charge is 0.278 e. The first-order chi connectivity index (χ1) is 16.4. The lowest BCUT2D eigenvalue weighted by atomic mass is 10.2. The van der Waals surface area contributed by atoms with Crippen LogP contribution < -0.4 is 11.2 Å². The topological polar surface area (TPSA) is 74.2 Å². The van der Waals surface area contributed by atoms with Crippen LogP contribution in [-0.4, -0.2) is 24.1 Å². The minimum atomic E-state index is -0.892. The highest BCUT2D eigenvalue weighted by atomic mass is 35.5. The van der Waals surface area contributed by atoms with E-state index < -0.39 is 11.6 Å². The number of aromatic nitrogens is 4. The largest absolute Gasteiger partial charge is 0.332 e. The number of fused-ring (bicyclic) bond motifs is 1. The van der Waals surface area contributed by atoms with E-state index in [-0.39, 0.29) is 24.2 Å². The van der Waals surface area contributed by atoms with E-state index in [0.717, 1.165) is 37.0 Å². The molecule has 1 aliphatic rings. The molecule has 0 saturated carbocycles. The Morgan fingerprint density at radius 1 is 1.03 bits per heavy atom. The molecular weight excluding hydrogens is 464 g/mol. The Balaban J connectivity index is 1.45. The van der Waals surface area contributed by atoms with Crippen LogP contribution in [0, 0.1) is 11.6 Å². The summed E-state index contributed by atoms with van der Waals surface area (Å²) in [6.07, 6.45) is 7.76. The number of unbranched alkanes of at least 4 members (excludes halogenated alkanes) is 2. The summed E-state index contributed by atoms with van der Waals surface area (Å²) >= 11 is 6.09. The third kappa shape index (κ3) is 5.19. The molecule has 0 unspecified atom stereocenters. The van der Waals surface area contributed by atoms with Gasteiger partial charge in [0.1, 0.15) is 11.0 Å². The molecule has 0 saturated heterocycles. The van der Waals surface area contributed by atoms with Crippen molar-refractivity contribution in [1.82, 2.24) is 18.9 Å². The molecule has 0 radical (unpaired) electrons. The third-order valence-corrected chi connectivity index (χ3v) is 6.11. The van der Waals surface area contributed by atoms with Gasteiger partial charge in [-0.3, -0.25) is 18.6 Å². The summed E-state index contributed by atoms with van der Waals surface area (Å²) in [5.74, 6) is -1.38. The van der Waals surface area contributed by atoms with E-state index in [2.05, 4.69) is 17.0 Å². The monoisotopic (exact) mass is 489 g/mol. The fraction of sp³-hybridized carbons (Fsp3) is 0.417. The number of benzene rings is 1. The highest BCUT2D eigenvalue weighted by Gasteiger charge is 2.24. The molecule has 4 rings (SSSR count). The van der Waals surface area contributed by atoms with Gasteiger partial charge in [-0.25, -0.2) is 18.6 Å². The minimum absolute atomic E-state index is 0.251. The molecule has 0 aliphatic carbocycles. The van der Waals surface area contributed by atoms with Gasteiger partial charge < -0.3 is 0 Å². The van der Waals surface area contributed by atoms with Crippen LogP contribution in [0.3, 0.4) is 0 Å². The lowest BCUT2D eigenvalue weighted by Crippen LogP contribution is -2.41. The van der Waals surface area contributed by atoms with E-state index in [1.807, 2.05) is 6.20 Å². The summed E-state index contributed by atoms with van der Waals surface area (Å²) in [6.45, 7) is 3.17. The van der Waals surface area contributed by atoms with Crippen LogP contribution >= 0.6 is 11.6 Å². The van der Waals surface area contributed by atoms with Gasteiger partial charge in [0.15, 0.2) is 11.6 Å². The summed E-state index contributed by atoms with van der Waals surface area (Å²) in [5.41, 5.74) is 1.30. The number of hydrogen-bond acceptors (Lipinski definition) is 4. The van der Waals surface area contributed by atoms with Crippen molar-refractivity contribution in [2.45, 2.75) is 65.1 Å². The molecule has 3 aromatic rings. The van der Waals surface area contributed by atoms with Crippen molar-refractivity contribution in [1.29, 1.82) is 0 Å². The molecule has 0 N–H and O–H groups in total. The van der Waals surface area contributed by atoms with Crippen molar-refractivity contribution in [3.63, 3.8) is 0 Å². The molecule has 1 aromatic carbocycles. The first-order valence-electron chi connectivity index (χ1n) is 11.4. The Kier molecular flexibility index (Phi) is 7.41. The van der Waals surface area contributed by atoms with Crippen LogP contribution in [0.1, 0.15) is 49.3 Å². The molecule has 10 heteroatoms. The Morgan fingerprint density at radius 2 is 1.82 bits per heavy atom. The second-order valence-electron chi connectivity index (χ2n) is 8.46. The number of rotatable bonds is 10. The van der Waals surface area contributed by atoms with E-state index in [9.17, 15) is 18.4 Å². The van der Waals surface area contributed by atoms with Crippen molar-refractivity contribution in [3.05, 3.63) is 79.8 Å². The maximum absolute atomic E-state index is 13.4. The van der Waals surface area contributed by atoms with Crippen LogP contribution in [0.5, 0.6) is 0 Å². The zero-order valence-electron chi connectivity index (χ0n) is 18.9. The summed E-state index contributed by atoms with van der Waals surface area (Å²) in [4.78, 5) is 30.3. The van der Waals surface area contributed by atoms with Gasteiger partial charge in [-0.1, -0.05) is 37.4 Å². The molecule has 0 amide bonds. The first-order valence-corrected chi connectivity index (χ1v) is 11.8. The van der Waals surface area contributed by atoms with Crippen molar-refractivity contribution in [3.8, 4) is 0 Å². The summed E-state index contributed by atoms with van der Waals surface area (Å²) in [7, 11) is 0. The van der Waals surface area contributed by atoms with Crippen molar-refractivity contribution < 1.29 is 8.78 Å². The summed E-state index contributed by atoms with van der Waals surface area (Å²) < 4.78 is 31.0. The number of aliphatic imine (C=N–C) groups is 1. The van der Waals surface area contributed by atoms with Crippen molar-refractivity contribution in [2.24, 2.45) is 4.99 Å². The standard InChI is InChI=1S/C24H26ClF2N5O2/c1-2-3-4-9-31-22-18(12-21(25)29-22)23(33)32(24(31)34)10-5-6-17-13-28-30(15-17)14-16-7-8-19(26)20(27)11-16/h7-8,11,13,15H,2-6,9-10,12,14H2,1H3. The Hall–Kier alpha value is -3.07. The minimum Gasteiger partial charge on any atom is -0.278 e. The molecule has 0 spiro atoms. The zero-order valence-corrected chi connectivity index (χ0v) is 19.7. The van der Waals surface area contributed by atoms with Gasteiger partial charge in [-0.15, -0.1) is 0 Å². The second kappa shape index (κ2) is 10.5. The molecule has 34 heavy (non-hydrogen) atoms. The summed E-state index contributed by atoms with van der Waals surface area (Å²) in [5, 5.41) is 4.59. The molecule has 0 atom stereocenters. The average molecular weight is 490 g/mol. The Labute approximate surface area is 200 Å². The van der Waals surface area contributed by atoms with Gasteiger partial charge in [0.2, 0.25) is 0 Å². The molecular formula is C24H26ClF2N5O2. The zero-order chi connectivity index (χ0) is 24.2. The average Bonchev–Trinajstić information content (AvgIpc) is 3.42. The van der Waals surface area contributed by atoms with E-state index in [4.69, 9.17) is 11.6 Å². The van der Waals surface area contributed by atoms with Gasteiger partial charge in [0, 0.05) is 25.7 Å². The van der Waals surface area contributed by atoms with Gasteiger partial charge in [-0.05, 0) is 42.5 Å². The molecule has 180 valence electrons. The molecule has 7 nitrogen and oxygen atoms in total. The lowest BCUT2D eigenvalue weighted by molar-refractivity contribution is 0.505. The Morgan fingerprint density at radius 3 is 2.59 bits per heavy atom. The molecule has 2 aromatic heterocycles. The van der Waals surface area contributed by atoms with E-state index in [1.54, 1.807) is 15.4 Å². The van der Waals surface area contributed by atoms with Crippen LogP contribution in [0.4, 0.5) is 14.6 Å². The van der Waals surface area contributed by atoms with Crippen LogP contribution in [0.2, 0.25) is 0 Å². The first kappa shape index (κ1) is 24.1. The van der Waals surface area contributed by atoms with E-state index in [1.165, 1.54) is 10.6 Å². The normalized spacial score (nSPS) is 12.8. The fourth-order valence-electron chi connectivity index (χ4n) is 4.13. The van der Waals surface area contributed by atoms with Gasteiger partial charge >= 0.3 is 5.69 Å². The Bertz CT molecular complexity index is 1340. The molecule has 3 heterocycles. The van der Waals surface area contributed by atoms with Crippen molar-refractivity contribution >= 4 is 22.6 Å².